The number of rotatable bonds is 0. The number of carbonyl (C=O) groups is 2. The van der Waals surface area contributed by atoms with Crippen LogP contribution in [0.1, 0.15) is 0 Å². The summed E-state index contributed by atoms with van der Waals surface area (Å²) < 4.78 is 4.34. The van der Waals surface area contributed by atoms with E-state index in [1.54, 1.807) is 0 Å². The van der Waals surface area contributed by atoms with Crippen LogP contribution in [0.5, 0.6) is 0 Å². The van der Waals surface area contributed by atoms with Gasteiger partial charge < -0.3 is 4.74 Å². The Morgan fingerprint density at radius 1 is 1.62 bits per heavy atom. The van der Waals surface area contributed by atoms with Crippen LogP contribution in [-0.2, 0) is 14.3 Å². The van der Waals surface area contributed by atoms with E-state index in [9.17, 15) is 9.59 Å². The fourth-order valence-electron chi connectivity index (χ4n) is 0.448. The third-order valence-electron chi connectivity index (χ3n) is 0.899. The Balaban J connectivity index is 2.71. The average Bonchev–Trinajstić information content (AvgIpc) is 1.98. The van der Waals surface area contributed by atoms with E-state index in [0.29, 0.717) is 0 Å². The second-order valence-electron chi connectivity index (χ2n) is 1.52. The van der Waals surface area contributed by atoms with Gasteiger partial charge >= 0.3 is 5.97 Å². The summed E-state index contributed by atoms with van der Waals surface area (Å²) in [6, 6.07) is 0. The van der Waals surface area contributed by atoms with Gasteiger partial charge in [-0.3, -0.25) is 4.79 Å². The maximum atomic E-state index is 10.4. The van der Waals surface area contributed by atoms with Gasteiger partial charge in [-0.25, -0.2) is 4.79 Å². The minimum atomic E-state index is -0.731. The van der Waals surface area contributed by atoms with Gasteiger partial charge in [0.1, 0.15) is 0 Å². The van der Waals surface area contributed by atoms with Crippen LogP contribution < -0.4 is 0 Å². The van der Waals surface area contributed by atoms with Gasteiger partial charge in [-0.15, -0.1) is 0 Å². The molecule has 1 aliphatic heterocycles. The molecule has 0 amide bonds. The lowest BCUT2D eigenvalue weighted by atomic mass is 10.3. The van der Waals surface area contributed by atoms with E-state index >= 15 is 0 Å². The number of esters is 1. The maximum absolute atomic E-state index is 10.4. The molecule has 4 heteroatoms. The largest absolute Gasteiger partial charge is 0.460 e. The number of cyclic esters (lactones) is 1. The highest BCUT2D eigenvalue weighted by atomic mass is 28.1. The van der Waals surface area contributed by atoms with Crippen molar-refractivity contribution < 1.29 is 14.3 Å². The summed E-state index contributed by atoms with van der Waals surface area (Å²) in [7, 11) is 3.00. The molecule has 1 saturated heterocycles. The number of hydrogen-bond donors (Lipinski definition) is 0. The van der Waals surface area contributed by atoms with E-state index in [1.165, 1.54) is 0 Å². The summed E-state index contributed by atoms with van der Waals surface area (Å²) in [5, 5.41) is 0. The molecule has 0 aromatic rings. The van der Waals surface area contributed by atoms with E-state index < -0.39 is 17.3 Å². The van der Waals surface area contributed by atoms with Crippen molar-refractivity contribution in [1.29, 1.82) is 0 Å². The minimum absolute atomic E-state index is 0.175. The van der Waals surface area contributed by atoms with Crippen molar-refractivity contribution in [1.82, 2.24) is 0 Å². The van der Waals surface area contributed by atoms with Crippen molar-refractivity contribution >= 4 is 22.0 Å². The lowest BCUT2D eigenvalue weighted by Crippen LogP contribution is -2.09. The quantitative estimate of drug-likeness (QED) is 0.240. The first kappa shape index (κ1) is 5.49. The summed E-state index contributed by atoms with van der Waals surface area (Å²) in [6.45, 7) is 0.175. The summed E-state index contributed by atoms with van der Waals surface area (Å²) in [4.78, 5) is 20.6. The van der Waals surface area contributed by atoms with Gasteiger partial charge in [0.15, 0.2) is 0 Å². The molecule has 1 atom stereocenters. The fourth-order valence-corrected chi connectivity index (χ4v) is 0.649. The minimum Gasteiger partial charge on any atom is -0.460 e. The molecule has 1 aliphatic rings. The van der Waals surface area contributed by atoms with E-state index in [2.05, 4.69) is 15.0 Å². The van der Waals surface area contributed by atoms with Gasteiger partial charge in [-0.2, -0.15) is 0 Å². The molecule has 1 heterocycles. The zero-order valence-electron chi connectivity index (χ0n) is 4.01. The molecule has 3 radical (unpaired) electrons. The van der Waals surface area contributed by atoms with Gasteiger partial charge in [0.25, 0.3) is 0 Å². The second-order valence-corrected chi connectivity index (χ2v) is 2.21. The van der Waals surface area contributed by atoms with Gasteiger partial charge in [-0.1, -0.05) is 0 Å². The Morgan fingerprint density at radius 3 is 2.38 bits per heavy atom. The van der Waals surface area contributed by atoms with Gasteiger partial charge in [0.05, 0.1) is 6.61 Å². The first-order valence-corrected chi connectivity index (χ1v) is 2.71. The molecule has 3 nitrogen and oxygen atoms in total. The van der Waals surface area contributed by atoms with Crippen molar-refractivity contribution in [3.05, 3.63) is 0 Å². The summed E-state index contributed by atoms with van der Waals surface area (Å²) >= 11 is 0. The molecule has 0 aromatic carbocycles. The highest BCUT2D eigenvalue weighted by Gasteiger charge is 2.30. The number of ether oxygens (including phenoxy) is 1. The molecular formula is C4H3O3Si. The van der Waals surface area contributed by atoms with E-state index in [-0.39, 0.29) is 6.61 Å². The summed E-state index contributed by atoms with van der Waals surface area (Å²) in [5.41, 5.74) is -0.414. The average molecular weight is 127 g/mol. The maximum Gasteiger partial charge on any atom is 0.374 e. The van der Waals surface area contributed by atoms with Crippen molar-refractivity contribution in [2.75, 3.05) is 6.61 Å². The van der Waals surface area contributed by atoms with Gasteiger partial charge in [-0.05, 0) is 0 Å². The molecule has 8 heavy (non-hydrogen) atoms. The molecule has 0 spiro atoms. The summed E-state index contributed by atoms with van der Waals surface area (Å²) in [5.74, 6) is -1.22. The zero-order valence-corrected chi connectivity index (χ0v) is 5.01. The molecular weight excluding hydrogens is 124 g/mol. The standard InChI is InChI=1S/C4H3O3Si/c5-3-2(8)1-7-4(3)6/h2H,1H2. The highest BCUT2D eigenvalue weighted by molar-refractivity contribution is 6.46. The number of ketones is 1. The SMILES string of the molecule is O=C1OCC([Si])C1=O. The molecule has 1 fully saturated rings. The predicted octanol–water partition coefficient (Wildman–Crippen LogP) is -0.931. The van der Waals surface area contributed by atoms with Crippen LogP contribution in [0.4, 0.5) is 0 Å². The lowest BCUT2D eigenvalue weighted by molar-refractivity contribution is -0.146. The molecule has 0 aromatic heterocycles. The van der Waals surface area contributed by atoms with Crippen LogP contribution in [0.15, 0.2) is 0 Å². The van der Waals surface area contributed by atoms with Crippen LogP contribution >= 0.6 is 0 Å². The third-order valence-corrected chi connectivity index (χ3v) is 1.33. The number of Topliss-reactive ketones (excluding diaryl/α,β-unsaturated/α-hetero) is 1. The molecule has 1 rings (SSSR count). The Morgan fingerprint density at radius 2 is 2.25 bits per heavy atom. The highest BCUT2D eigenvalue weighted by Crippen LogP contribution is 2.10. The Bertz CT molecular complexity index is 142. The summed E-state index contributed by atoms with van der Waals surface area (Å²) in [6.07, 6.45) is 0. The number of hydrogen-bond acceptors (Lipinski definition) is 3. The van der Waals surface area contributed by atoms with Gasteiger partial charge in [0, 0.05) is 15.8 Å². The molecule has 0 saturated carbocycles. The second kappa shape index (κ2) is 1.70. The van der Waals surface area contributed by atoms with Crippen LogP contribution in [0, 0.1) is 0 Å². The predicted molar refractivity (Wildman–Crippen MR) is 25.5 cm³/mol. The van der Waals surface area contributed by atoms with Crippen LogP contribution in [-0.4, -0.2) is 28.6 Å². The van der Waals surface area contributed by atoms with Crippen molar-refractivity contribution in [3.8, 4) is 0 Å². The van der Waals surface area contributed by atoms with Crippen LogP contribution in [0.25, 0.3) is 0 Å². The third kappa shape index (κ3) is 0.666. The Hall–Kier alpha value is -0.643. The molecule has 0 N–H and O–H groups in total. The first-order valence-electron chi connectivity index (χ1n) is 2.14. The van der Waals surface area contributed by atoms with Crippen LogP contribution in [0.3, 0.4) is 0 Å². The molecule has 1 unspecified atom stereocenters. The lowest BCUT2D eigenvalue weighted by Gasteiger charge is -1.85. The Kier molecular flexibility index (Phi) is 1.17. The van der Waals surface area contributed by atoms with Crippen molar-refractivity contribution in [2.45, 2.75) is 5.54 Å². The number of carbonyl (C=O) groups excluding carboxylic acids is 2. The van der Waals surface area contributed by atoms with Crippen molar-refractivity contribution in [3.63, 3.8) is 0 Å². The smallest absolute Gasteiger partial charge is 0.374 e. The monoisotopic (exact) mass is 127 g/mol. The molecule has 0 aliphatic carbocycles. The van der Waals surface area contributed by atoms with E-state index in [1.807, 2.05) is 0 Å². The normalized spacial score (nSPS) is 28.4. The topological polar surface area (TPSA) is 43.4 Å². The van der Waals surface area contributed by atoms with E-state index in [4.69, 9.17) is 0 Å². The molecule has 41 valence electrons. The van der Waals surface area contributed by atoms with Crippen LogP contribution in [0.2, 0.25) is 5.54 Å². The fraction of sp³-hybridized carbons (Fsp3) is 0.500. The van der Waals surface area contributed by atoms with Crippen molar-refractivity contribution in [2.24, 2.45) is 0 Å². The first-order chi connectivity index (χ1) is 3.72. The van der Waals surface area contributed by atoms with Gasteiger partial charge in [0.2, 0.25) is 5.78 Å². The molecule has 0 bridgehead atoms. The zero-order chi connectivity index (χ0) is 6.15. The van der Waals surface area contributed by atoms with E-state index in [0.717, 1.165) is 0 Å². The Labute approximate surface area is 49.4 Å².